The number of amides is 1. The van der Waals surface area contributed by atoms with Gasteiger partial charge >= 0.3 is 12.1 Å². The minimum atomic E-state index is -5.17. The average Bonchev–Trinajstić information content (AvgIpc) is 2.78. The van der Waals surface area contributed by atoms with Crippen molar-refractivity contribution < 1.29 is 44.6 Å². The van der Waals surface area contributed by atoms with Crippen molar-refractivity contribution in [1.82, 2.24) is 5.32 Å². The van der Waals surface area contributed by atoms with Crippen LogP contribution in [0, 0.1) is 17.6 Å². The van der Waals surface area contributed by atoms with Gasteiger partial charge in [-0.15, -0.1) is 0 Å². The number of benzene rings is 2. The first-order valence-electron chi connectivity index (χ1n) is 9.97. The summed E-state index contributed by atoms with van der Waals surface area (Å²) in [7, 11) is -4.51. The topological polar surface area (TPSA) is 81.7 Å². The summed E-state index contributed by atoms with van der Waals surface area (Å²) in [5.41, 5.74) is -0.561. The molecule has 34 heavy (non-hydrogen) atoms. The van der Waals surface area contributed by atoms with E-state index in [0.717, 1.165) is 12.1 Å². The Balaban J connectivity index is 1.87. The lowest BCUT2D eigenvalue weighted by atomic mass is 9.75. The Morgan fingerprint density at radius 3 is 2.41 bits per heavy atom. The number of ether oxygens (including phenoxy) is 2. The van der Waals surface area contributed by atoms with Gasteiger partial charge in [-0.2, -0.15) is 13.2 Å². The van der Waals surface area contributed by atoms with Gasteiger partial charge in [0.05, 0.1) is 23.2 Å². The van der Waals surface area contributed by atoms with Crippen LogP contribution in [0.3, 0.4) is 0 Å². The highest BCUT2D eigenvalue weighted by Gasteiger charge is 2.61. The summed E-state index contributed by atoms with van der Waals surface area (Å²) in [6.07, 6.45) is -6.81. The van der Waals surface area contributed by atoms with Gasteiger partial charge in [-0.25, -0.2) is 17.2 Å². The molecule has 2 aliphatic rings. The first-order chi connectivity index (χ1) is 15.9. The molecule has 0 aliphatic carbocycles. The van der Waals surface area contributed by atoms with E-state index in [9.17, 15) is 30.8 Å². The van der Waals surface area contributed by atoms with E-state index in [1.54, 1.807) is 5.32 Å². The van der Waals surface area contributed by atoms with Gasteiger partial charge in [0, 0.05) is 24.1 Å². The molecule has 2 aromatic rings. The molecule has 2 aliphatic heterocycles. The van der Waals surface area contributed by atoms with Crippen LogP contribution in [0.4, 0.5) is 22.0 Å². The van der Waals surface area contributed by atoms with Crippen molar-refractivity contribution in [2.45, 2.75) is 28.3 Å². The molecule has 13 heteroatoms. The summed E-state index contributed by atoms with van der Waals surface area (Å²) in [5, 5.41) is 1.90. The summed E-state index contributed by atoms with van der Waals surface area (Å²) in [4.78, 5) is 11.1. The number of fused-ring (bicyclic) bond motifs is 3. The van der Waals surface area contributed by atoms with Crippen molar-refractivity contribution in [3.05, 3.63) is 58.6 Å². The van der Waals surface area contributed by atoms with Gasteiger partial charge in [0.2, 0.25) is 0 Å². The predicted octanol–water partition coefficient (Wildman–Crippen LogP) is 3.76. The molecular weight excluding hydrogens is 509 g/mol. The Kier molecular flexibility index (Phi) is 6.28. The quantitative estimate of drug-likeness (QED) is 0.615. The van der Waals surface area contributed by atoms with E-state index in [4.69, 9.17) is 21.1 Å². The van der Waals surface area contributed by atoms with E-state index in [1.807, 2.05) is 0 Å². The number of hydrogen-bond acceptors (Lipinski definition) is 5. The van der Waals surface area contributed by atoms with Gasteiger partial charge in [0.25, 0.3) is 0 Å². The molecule has 2 heterocycles. The van der Waals surface area contributed by atoms with Crippen molar-refractivity contribution in [3.8, 4) is 5.75 Å². The highest BCUT2D eigenvalue weighted by Crippen LogP contribution is 2.55. The van der Waals surface area contributed by atoms with Crippen LogP contribution in [0.2, 0.25) is 5.02 Å². The molecule has 3 atom stereocenters. The van der Waals surface area contributed by atoms with Crippen LogP contribution in [-0.2, 0) is 24.1 Å². The first-order valence-corrected chi connectivity index (χ1v) is 11.8. The SMILES string of the molecule is O=C(NC[C@@H]1OCC[C@@]2(S(=O)(=O)c3ccc(Cl)cc3)c3c(F)ccc(F)c3OC[C@@H]12)C(F)(F)F. The van der Waals surface area contributed by atoms with Gasteiger partial charge in [-0.05, 0) is 42.8 Å². The second kappa shape index (κ2) is 8.65. The molecule has 1 saturated heterocycles. The maximum Gasteiger partial charge on any atom is 0.471 e. The Labute approximate surface area is 195 Å². The van der Waals surface area contributed by atoms with E-state index in [0.29, 0.717) is 0 Å². The fourth-order valence-electron chi connectivity index (χ4n) is 4.54. The molecule has 1 N–H and O–H groups in total. The lowest BCUT2D eigenvalue weighted by molar-refractivity contribution is -0.174. The minimum Gasteiger partial charge on any atom is -0.490 e. The predicted molar refractivity (Wildman–Crippen MR) is 109 cm³/mol. The van der Waals surface area contributed by atoms with E-state index in [1.165, 1.54) is 24.3 Å². The largest absolute Gasteiger partial charge is 0.490 e. The molecule has 1 fully saturated rings. The first kappa shape index (κ1) is 24.7. The summed E-state index contributed by atoms with van der Waals surface area (Å²) in [6, 6.07) is 6.56. The number of hydrogen-bond donors (Lipinski definition) is 1. The number of alkyl halides is 3. The van der Waals surface area contributed by atoms with Crippen LogP contribution in [0.15, 0.2) is 41.3 Å². The van der Waals surface area contributed by atoms with Gasteiger partial charge in [0.15, 0.2) is 21.4 Å². The van der Waals surface area contributed by atoms with Crippen LogP contribution >= 0.6 is 11.6 Å². The highest BCUT2D eigenvalue weighted by molar-refractivity contribution is 7.92. The smallest absolute Gasteiger partial charge is 0.471 e. The second-order valence-corrected chi connectivity index (χ2v) is 10.5. The number of sulfone groups is 1. The maximum absolute atomic E-state index is 15.2. The molecule has 0 aromatic heterocycles. The van der Waals surface area contributed by atoms with Crippen molar-refractivity contribution in [1.29, 1.82) is 0 Å². The summed E-state index contributed by atoms with van der Waals surface area (Å²) in [6.45, 7) is -1.55. The number of carbonyl (C=O) groups excluding carboxylic acids is 1. The Hall–Kier alpha value is -2.44. The van der Waals surface area contributed by atoms with Gasteiger partial charge in [-0.3, -0.25) is 4.79 Å². The molecule has 4 rings (SSSR count). The number of rotatable bonds is 4. The Morgan fingerprint density at radius 2 is 1.76 bits per heavy atom. The molecule has 0 saturated carbocycles. The van der Waals surface area contributed by atoms with Crippen molar-refractivity contribution in [2.75, 3.05) is 19.8 Å². The number of nitrogens with one attached hydrogen (secondary N) is 1. The molecule has 0 radical (unpaired) electrons. The van der Waals surface area contributed by atoms with Crippen molar-refractivity contribution in [3.63, 3.8) is 0 Å². The summed E-state index contributed by atoms with van der Waals surface area (Å²) in [5.74, 6) is -6.16. The standard InChI is InChI=1S/C21H17ClF5NO5S/c22-11-1-3-12(4-2-11)34(30,31)20-7-8-32-16(9-28-19(29)21(25,26)27)13(20)10-33-18-15(24)6-5-14(23)17(18)20/h1-6,13,16H,7-10H2,(H,28,29)/t13-,16-,20-/m0/s1. The molecule has 0 spiro atoms. The van der Waals surface area contributed by atoms with Crippen molar-refractivity contribution in [2.24, 2.45) is 5.92 Å². The van der Waals surface area contributed by atoms with Gasteiger partial charge in [-0.1, -0.05) is 11.6 Å². The summed E-state index contributed by atoms with van der Waals surface area (Å²) >= 11 is 5.86. The molecule has 184 valence electrons. The third-order valence-corrected chi connectivity index (χ3v) is 8.88. The zero-order valence-electron chi connectivity index (χ0n) is 17.2. The Bertz CT molecular complexity index is 1220. The lowest BCUT2D eigenvalue weighted by Crippen LogP contribution is -2.60. The minimum absolute atomic E-state index is 0.234. The maximum atomic E-state index is 15.2. The number of halogens is 6. The van der Waals surface area contributed by atoms with Crippen molar-refractivity contribution >= 4 is 27.3 Å². The third-order valence-electron chi connectivity index (χ3n) is 6.07. The molecule has 0 bridgehead atoms. The van der Waals surface area contributed by atoms with E-state index >= 15 is 4.39 Å². The van der Waals surface area contributed by atoms with E-state index in [2.05, 4.69) is 0 Å². The van der Waals surface area contributed by atoms with Crippen LogP contribution in [0.1, 0.15) is 12.0 Å². The molecule has 6 nitrogen and oxygen atoms in total. The number of carbonyl (C=O) groups is 1. The summed E-state index contributed by atoms with van der Waals surface area (Å²) < 4.78 is 105. The van der Waals surface area contributed by atoms with Gasteiger partial charge < -0.3 is 14.8 Å². The molecule has 1 amide bonds. The normalized spacial score (nSPS) is 24.5. The zero-order valence-corrected chi connectivity index (χ0v) is 18.7. The van der Waals surface area contributed by atoms with E-state index in [-0.39, 0.29) is 22.9 Å². The van der Waals surface area contributed by atoms with Crippen LogP contribution in [0.5, 0.6) is 5.75 Å². The van der Waals surface area contributed by atoms with Crippen LogP contribution < -0.4 is 10.1 Å². The second-order valence-electron chi connectivity index (χ2n) is 7.86. The average molecular weight is 526 g/mol. The van der Waals surface area contributed by atoms with Crippen LogP contribution in [0.25, 0.3) is 0 Å². The third kappa shape index (κ3) is 3.91. The highest BCUT2D eigenvalue weighted by atomic mass is 35.5. The monoisotopic (exact) mass is 525 g/mol. The molecular formula is C21H17ClF5NO5S. The molecule has 2 aromatic carbocycles. The van der Waals surface area contributed by atoms with E-state index < -0.39 is 74.8 Å². The lowest BCUT2D eigenvalue weighted by Gasteiger charge is -2.50. The fourth-order valence-corrected chi connectivity index (χ4v) is 7.01. The fraction of sp³-hybridized carbons (Fsp3) is 0.381. The molecule has 0 unspecified atom stereocenters. The zero-order chi connectivity index (χ0) is 24.9. The van der Waals surface area contributed by atoms with Crippen LogP contribution in [-0.4, -0.2) is 46.4 Å². The van der Waals surface area contributed by atoms with Gasteiger partial charge in [0.1, 0.15) is 10.6 Å². The Morgan fingerprint density at radius 1 is 1.12 bits per heavy atom.